The maximum Gasteiger partial charge on any atom is 0.278 e. The molecular formula is C17H16ClF2N5O2. The van der Waals surface area contributed by atoms with Crippen LogP contribution in [0.3, 0.4) is 0 Å². The van der Waals surface area contributed by atoms with E-state index < -0.39 is 36.9 Å². The number of amides is 2. The Bertz CT molecular complexity index is 874. The lowest BCUT2D eigenvalue weighted by atomic mass is 10.1. The number of nitrogens with one attached hydrogen (secondary N) is 1. The van der Waals surface area contributed by atoms with Crippen molar-refractivity contribution >= 4 is 29.2 Å². The quantitative estimate of drug-likeness (QED) is 0.728. The molecule has 0 aliphatic carbocycles. The van der Waals surface area contributed by atoms with Crippen LogP contribution in [-0.4, -0.2) is 45.9 Å². The van der Waals surface area contributed by atoms with E-state index in [9.17, 15) is 18.4 Å². The normalized spacial score (nSPS) is 15.2. The lowest BCUT2D eigenvalue weighted by molar-refractivity contribution is -0.0227. The first-order chi connectivity index (χ1) is 12.7. The van der Waals surface area contributed by atoms with Crippen molar-refractivity contribution in [2.75, 3.05) is 18.8 Å². The van der Waals surface area contributed by atoms with Gasteiger partial charge in [-0.15, -0.1) is 10.2 Å². The first-order valence-electron chi connectivity index (χ1n) is 8.04. The fourth-order valence-electron chi connectivity index (χ4n) is 2.79. The molecule has 10 heteroatoms. The van der Waals surface area contributed by atoms with Gasteiger partial charge in [0.2, 0.25) is 0 Å². The molecule has 3 rings (SSSR count). The van der Waals surface area contributed by atoms with Crippen molar-refractivity contribution in [3.05, 3.63) is 52.2 Å². The molecule has 0 spiro atoms. The predicted molar refractivity (Wildman–Crippen MR) is 94.6 cm³/mol. The summed E-state index contributed by atoms with van der Waals surface area (Å²) in [5.74, 6) is -4.68. The highest BCUT2D eigenvalue weighted by Gasteiger charge is 2.42. The minimum absolute atomic E-state index is 0.0489. The van der Waals surface area contributed by atoms with Crippen molar-refractivity contribution in [3.8, 4) is 0 Å². The van der Waals surface area contributed by atoms with Gasteiger partial charge >= 0.3 is 0 Å². The maximum atomic E-state index is 14.4. The second-order valence-corrected chi connectivity index (χ2v) is 6.57. The van der Waals surface area contributed by atoms with Crippen LogP contribution in [0.15, 0.2) is 30.3 Å². The van der Waals surface area contributed by atoms with Crippen molar-refractivity contribution in [1.82, 2.24) is 20.4 Å². The number of halogens is 3. The Hall–Kier alpha value is -2.65. The van der Waals surface area contributed by atoms with Gasteiger partial charge in [0.1, 0.15) is 5.82 Å². The van der Waals surface area contributed by atoms with E-state index in [1.54, 1.807) is 19.1 Å². The summed E-state index contributed by atoms with van der Waals surface area (Å²) in [6.45, 7) is -0.190. The topological polar surface area (TPSA) is 101 Å². The molecule has 1 aliphatic rings. The number of nitrogen functional groups attached to an aromatic ring is 1. The second kappa shape index (κ2) is 7.16. The number of hydrogen-bond donors (Lipinski definition) is 2. The van der Waals surface area contributed by atoms with Crippen molar-refractivity contribution < 1.29 is 18.4 Å². The van der Waals surface area contributed by atoms with E-state index in [-0.39, 0.29) is 22.1 Å². The highest BCUT2D eigenvalue weighted by atomic mass is 35.5. The number of imide groups is 1. The zero-order valence-electron chi connectivity index (χ0n) is 14.2. The lowest BCUT2D eigenvalue weighted by Crippen LogP contribution is -2.46. The maximum absolute atomic E-state index is 14.4. The zero-order chi connectivity index (χ0) is 19.8. The molecule has 0 saturated carbocycles. The largest absolute Gasteiger partial charge is 0.382 e. The molecular weight excluding hydrogens is 380 g/mol. The number of hydrogen-bond acceptors (Lipinski definition) is 6. The Morgan fingerprint density at radius 1 is 1.22 bits per heavy atom. The number of carbonyl (C=O) groups is 2. The Morgan fingerprint density at radius 3 is 2.41 bits per heavy atom. The summed E-state index contributed by atoms with van der Waals surface area (Å²) >= 11 is 5.91. The number of rotatable bonds is 6. The average Bonchev–Trinajstić information content (AvgIpc) is 2.87. The number of fused-ring (bicyclic) bond motifs is 1. The van der Waals surface area contributed by atoms with Crippen LogP contribution in [0.2, 0.25) is 5.15 Å². The molecule has 2 amide bonds. The van der Waals surface area contributed by atoms with Crippen LogP contribution in [0.4, 0.5) is 14.6 Å². The fourth-order valence-corrected chi connectivity index (χ4v) is 3.05. The number of benzene rings is 1. The van der Waals surface area contributed by atoms with Gasteiger partial charge in [-0.1, -0.05) is 23.7 Å². The smallest absolute Gasteiger partial charge is 0.278 e. The molecule has 1 aromatic carbocycles. The number of carbonyl (C=O) groups excluding carboxylic acids is 2. The van der Waals surface area contributed by atoms with Crippen molar-refractivity contribution in [2.45, 2.75) is 18.9 Å². The summed E-state index contributed by atoms with van der Waals surface area (Å²) < 4.78 is 28.8. The van der Waals surface area contributed by atoms with E-state index in [0.29, 0.717) is 10.5 Å². The standard InChI is InChI=1S/C17H16ClF2N5O2/c1-9(12-6-13(21)23-24-14(12)18)22-7-17(19,20)8-25-15(26)10-4-2-3-5-11(10)16(25)27/h2-6,9,22H,7-8H2,1H3,(H2,21,23)/t9-/m1/s1. The lowest BCUT2D eigenvalue weighted by Gasteiger charge is -2.24. The average molecular weight is 396 g/mol. The van der Waals surface area contributed by atoms with E-state index >= 15 is 0 Å². The summed E-state index contributed by atoms with van der Waals surface area (Å²) in [6.07, 6.45) is 0. The number of alkyl halides is 2. The van der Waals surface area contributed by atoms with E-state index in [2.05, 4.69) is 15.5 Å². The number of nitrogens with zero attached hydrogens (tertiary/aromatic N) is 3. The molecule has 7 nitrogen and oxygen atoms in total. The van der Waals surface area contributed by atoms with Crippen LogP contribution >= 0.6 is 11.6 Å². The third-order valence-electron chi connectivity index (χ3n) is 4.20. The van der Waals surface area contributed by atoms with Gasteiger partial charge in [-0.3, -0.25) is 14.5 Å². The van der Waals surface area contributed by atoms with Crippen molar-refractivity contribution in [2.24, 2.45) is 0 Å². The van der Waals surface area contributed by atoms with Gasteiger partial charge in [-0.2, -0.15) is 0 Å². The molecule has 1 aliphatic heterocycles. The monoisotopic (exact) mass is 395 g/mol. The summed E-state index contributed by atoms with van der Waals surface area (Å²) in [5, 5.41) is 9.88. The number of nitrogens with two attached hydrogens (primary N) is 1. The predicted octanol–water partition coefficient (Wildman–Crippen LogP) is 2.29. The first-order valence-corrected chi connectivity index (χ1v) is 8.42. The molecule has 142 valence electrons. The Labute approximate surface area is 158 Å². The molecule has 0 unspecified atom stereocenters. The first kappa shape index (κ1) is 19.1. The van der Waals surface area contributed by atoms with E-state index in [0.717, 1.165) is 0 Å². The van der Waals surface area contributed by atoms with Gasteiger partial charge in [0.25, 0.3) is 17.7 Å². The third-order valence-corrected chi connectivity index (χ3v) is 4.49. The molecule has 0 radical (unpaired) electrons. The van der Waals surface area contributed by atoms with Gasteiger partial charge in [-0.05, 0) is 25.1 Å². The number of aromatic nitrogens is 2. The molecule has 3 N–H and O–H groups in total. The van der Waals surface area contributed by atoms with Gasteiger partial charge < -0.3 is 11.1 Å². The molecule has 2 heterocycles. The molecule has 0 fully saturated rings. The molecule has 1 aromatic heterocycles. The molecule has 0 saturated heterocycles. The zero-order valence-corrected chi connectivity index (χ0v) is 15.0. The Balaban J connectivity index is 1.67. The molecule has 1 atom stereocenters. The van der Waals surface area contributed by atoms with Crippen LogP contribution in [-0.2, 0) is 0 Å². The SMILES string of the molecule is C[C@@H](NCC(F)(F)CN1C(=O)c2ccccc2C1=O)c1cc(N)nnc1Cl. The van der Waals surface area contributed by atoms with Crippen LogP contribution in [0.5, 0.6) is 0 Å². The van der Waals surface area contributed by atoms with Gasteiger partial charge in [0.05, 0.1) is 24.2 Å². The van der Waals surface area contributed by atoms with Crippen molar-refractivity contribution in [1.29, 1.82) is 0 Å². The summed E-state index contributed by atoms with van der Waals surface area (Å²) in [4.78, 5) is 25.0. The minimum Gasteiger partial charge on any atom is -0.382 e. The molecule has 27 heavy (non-hydrogen) atoms. The second-order valence-electron chi connectivity index (χ2n) is 6.22. The van der Waals surface area contributed by atoms with E-state index in [1.165, 1.54) is 18.2 Å². The molecule has 0 bridgehead atoms. The Kier molecular flexibility index (Phi) is 5.07. The number of anilines is 1. The van der Waals surface area contributed by atoms with E-state index in [4.69, 9.17) is 17.3 Å². The van der Waals surface area contributed by atoms with Gasteiger partial charge in [-0.25, -0.2) is 8.78 Å². The summed E-state index contributed by atoms with van der Waals surface area (Å²) in [5.41, 5.74) is 6.21. The van der Waals surface area contributed by atoms with Crippen LogP contribution in [0, 0.1) is 0 Å². The third kappa shape index (κ3) is 3.88. The van der Waals surface area contributed by atoms with Crippen LogP contribution < -0.4 is 11.1 Å². The molecule has 2 aromatic rings. The van der Waals surface area contributed by atoms with Crippen LogP contribution in [0.25, 0.3) is 0 Å². The van der Waals surface area contributed by atoms with E-state index in [1.807, 2.05) is 0 Å². The van der Waals surface area contributed by atoms with Gasteiger partial charge in [0, 0.05) is 11.6 Å². The highest BCUT2D eigenvalue weighted by Crippen LogP contribution is 2.27. The fraction of sp³-hybridized carbons (Fsp3) is 0.294. The highest BCUT2D eigenvalue weighted by molar-refractivity contribution is 6.30. The van der Waals surface area contributed by atoms with Crippen LogP contribution in [0.1, 0.15) is 39.2 Å². The van der Waals surface area contributed by atoms with Gasteiger partial charge in [0.15, 0.2) is 5.15 Å². The summed E-state index contributed by atoms with van der Waals surface area (Å²) in [7, 11) is 0. The minimum atomic E-state index is -3.35. The van der Waals surface area contributed by atoms with Crippen molar-refractivity contribution in [3.63, 3.8) is 0 Å². The Morgan fingerprint density at radius 2 is 1.81 bits per heavy atom. The summed E-state index contributed by atoms with van der Waals surface area (Å²) in [6, 6.07) is 6.88.